The Bertz CT molecular complexity index is 572. The van der Waals surface area contributed by atoms with Crippen LogP contribution in [0, 0.1) is 6.92 Å². The SMILES string of the molecule is COc1ccccc1Cn1ccc(C)cc1=O. The second kappa shape index (κ2) is 4.87. The van der Waals surface area contributed by atoms with Crippen LogP contribution in [-0.2, 0) is 6.54 Å². The Morgan fingerprint density at radius 2 is 2.00 bits per heavy atom. The van der Waals surface area contributed by atoms with Gasteiger partial charge >= 0.3 is 0 Å². The average molecular weight is 229 g/mol. The molecular weight excluding hydrogens is 214 g/mol. The molecule has 0 saturated heterocycles. The molecule has 88 valence electrons. The topological polar surface area (TPSA) is 31.2 Å². The lowest BCUT2D eigenvalue weighted by atomic mass is 10.2. The van der Waals surface area contributed by atoms with E-state index in [1.54, 1.807) is 17.7 Å². The molecular formula is C14H15NO2. The standard InChI is InChI=1S/C14H15NO2/c1-11-7-8-15(14(16)9-11)10-12-5-3-4-6-13(12)17-2/h3-9H,10H2,1-2H3. The van der Waals surface area contributed by atoms with Crippen molar-refractivity contribution in [1.82, 2.24) is 4.57 Å². The summed E-state index contributed by atoms with van der Waals surface area (Å²) >= 11 is 0. The molecule has 0 N–H and O–H groups in total. The molecule has 0 saturated carbocycles. The normalized spacial score (nSPS) is 10.2. The van der Waals surface area contributed by atoms with E-state index in [1.807, 2.05) is 43.5 Å². The first-order chi connectivity index (χ1) is 8.20. The van der Waals surface area contributed by atoms with Crippen LogP contribution in [0.3, 0.4) is 0 Å². The molecule has 0 bridgehead atoms. The molecule has 17 heavy (non-hydrogen) atoms. The number of pyridine rings is 1. The van der Waals surface area contributed by atoms with Gasteiger partial charge in [-0.25, -0.2) is 0 Å². The lowest BCUT2D eigenvalue weighted by Crippen LogP contribution is -2.19. The fourth-order valence-corrected chi connectivity index (χ4v) is 1.75. The number of hydrogen-bond donors (Lipinski definition) is 0. The number of ether oxygens (including phenoxy) is 1. The lowest BCUT2D eigenvalue weighted by Gasteiger charge is -2.10. The summed E-state index contributed by atoms with van der Waals surface area (Å²) in [5.41, 5.74) is 1.99. The predicted octanol–water partition coefficient (Wildman–Crippen LogP) is 2.21. The molecule has 0 radical (unpaired) electrons. The lowest BCUT2D eigenvalue weighted by molar-refractivity contribution is 0.408. The quantitative estimate of drug-likeness (QED) is 0.808. The Morgan fingerprint density at radius 3 is 2.71 bits per heavy atom. The predicted molar refractivity (Wildman–Crippen MR) is 67.5 cm³/mol. The number of hydrogen-bond acceptors (Lipinski definition) is 2. The van der Waals surface area contributed by atoms with E-state index >= 15 is 0 Å². The first-order valence-electron chi connectivity index (χ1n) is 5.49. The number of aryl methyl sites for hydroxylation is 1. The Hall–Kier alpha value is -2.03. The van der Waals surface area contributed by atoms with Gasteiger partial charge in [0.05, 0.1) is 13.7 Å². The largest absolute Gasteiger partial charge is 0.496 e. The first kappa shape index (κ1) is 11.5. The number of nitrogens with zero attached hydrogens (tertiary/aromatic N) is 1. The monoisotopic (exact) mass is 229 g/mol. The van der Waals surface area contributed by atoms with E-state index in [1.165, 1.54) is 0 Å². The second-order valence-corrected chi connectivity index (χ2v) is 3.98. The average Bonchev–Trinajstić information content (AvgIpc) is 2.33. The van der Waals surface area contributed by atoms with Gasteiger partial charge in [0.2, 0.25) is 0 Å². The molecule has 2 aromatic rings. The Morgan fingerprint density at radius 1 is 1.24 bits per heavy atom. The summed E-state index contributed by atoms with van der Waals surface area (Å²) in [6.45, 7) is 2.44. The minimum atomic E-state index is 0.0101. The van der Waals surface area contributed by atoms with Gasteiger partial charge in [-0.15, -0.1) is 0 Å². The molecule has 3 nitrogen and oxygen atoms in total. The highest BCUT2D eigenvalue weighted by Crippen LogP contribution is 2.17. The van der Waals surface area contributed by atoms with E-state index < -0.39 is 0 Å². The van der Waals surface area contributed by atoms with Crippen LogP contribution in [0.4, 0.5) is 0 Å². The highest BCUT2D eigenvalue weighted by Gasteiger charge is 2.03. The van der Waals surface area contributed by atoms with Crippen molar-refractivity contribution >= 4 is 0 Å². The van der Waals surface area contributed by atoms with E-state index in [-0.39, 0.29) is 5.56 Å². The molecule has 0 aliphatic carbocycles. The molecule has 0 unspecified atom stereocenters. The molecule has 0 amide bonds. The molecule has 0 aliphatic heterocycles. The van der Waals surface area contributed by atoms with Crippen molar-refractivity contribution < 1.29 is 4.74 Å². The molecule has 3 heteroatoms. The van der Waals surface area contributed by atoms with E-state index in [2.05, 4.69) is 0 Å². The van der Waals surface area contributed by atoms with E-state index in [9.17, 15) is 4.79 Å². The summed E-state index contributed by atoms with van der Waals surface area (Å²) in [6.07, 6.45) is 1.81. The number of rotatable bonds is 3. The van der Waals surface area contributed by atoms with Crippen LogP contribution in [0.5, 0.6) is 5.75 Å². The molecule has 0 atom stereocenters. The van der Waals surface area contributed by atoms with Crippen molar-refractivity contribution in [3.63, 3.8) is 0 Å². The van der Waals surface area contributed by atoms with Crippen molar-refractivity contribution in [1.29, 1.82) is 0 Å². The van der Waals surface area contributed by atoms with Gasteiger partial charge in [0.1, 0.15) is 5.75 Å². The maximum Gasteiger partial charge on any atom is 0.251 e. The maximum absolute atomic E-state index is 11.8. The van der Waals surface area contributed by atoms with Crippen molar-refractivity contribution in [3.8, 4) is 5.75 Å². The minimum absolute atomic E-state index is 0.0101. The van der Waals surface area contributed by atoms with Crippen molar-refractivity contribution in [3.05, 3.63) is 64.1 Å². The zero-order chi connectivity index (χ0) is 12.3. The number of benzene rings is 1. The smallest absolute Gasteiger partial charge is 0.251 e. The summed E-state index contributed by atoms with van der Waals surface area (Å²) in [7, 11) is 1.64. The van der Waals surface area contributed by atoms with Gasteiger partial charge in [-0.2, -0.15) is 0 Å². The zero-order valence-corrected chi connectivity index (χ0v) is 10.0. The number of methoxy groups -OCH3 is 1. The highest BCUT2D eigenvalue weighted by molar-refractivity contribution is 5.33. The van der Waals surface area contributed by atoms with Gasteiger partial charge in [0.15, 0.2) is 0 Å². The van der Waals surface area contributed by atoms with Crippen molar-refractivity contribution in [2.75, 3.05) is 7.11 Å². The van der Waals surface area contributed by atoms with E-state index in [0.29, 0.717) is 6.54 Å². The third-order valence-corrected chi connectivity index (χ3v) is 2.68. The van der Waals surface area contributed by atoms with Gasteiger partial charge in [-0.05, 0) is 24.6 Å². The summed E-state index contributed by atoms with van der Waals surface area (Å²) in [5.74, 6) is 0.806. The van der Waals surface area contributed by atoms with Crippen molar-refractivity contribution in [2.45, 2.75) is 13.5 Å². The first-order valence-corrected chi connectivity index (χ1v) is 5.49. The maximum atomic E-state index is 11.8. The Balaban J connectivity index is 2.35. The van der Waals surface area contributed by atoms with Gasteiger partial charge in [0.25, 0.3) is 5.56 Å². The van der Waals surface area contributed by atoms with Crippen LogP contribution in [-0.4, -0.2) is 11.7 Å². The zero-order valence-electron chi connectivity index (χ0n) is 10.0. The number of para-hydroxylation sites is 1. The van der Waals surface area contributed by atoms with E-state index in [0.717, 1.165) is 16.9 Å². The van der Waals surface area contributed by atoms with Gasteiger partial charge in [-0.3, -0.25) is 4.79 Å². The molecule has 1 aromatic carbocycles. The van der Waals surface area contributed by atoms with Crippen LogP contribution in [0.15, 0.2) is 47.4 Å². The fourth-order valence-electron chi connectivity index (χ4n) is 1.75. The third-order valence-electron chi connectivity index (χ3n) is 2.68. The summed E-state index contributed by atoms with van der Waals surface area (Å²) in [6, 6.07) is 11.3. The Kier molecular flexibility index (Phi) is 3.28. The van der Waals surface area contributed by atoms with Crippen LogP contribution in [0.1, 0.15) is 11.1 Å². The molecule has 2 rings (SSSR count). The molecule has 1 heterocycles. The highest BCUT2D eigenvalue weighted by atomic mass is 16.5. The molecule has 0 fully saturated rings. The molecule has 0 spiro atoms. The summed E-state index contributed by atoms with van der Waals surface area (Å²) < 4.78 is 6.94. The fraction of sp³-hybridized carbons (Fsp3) is 0.214. The van der Waals surface area contributed by atoms with Crippen LogP contribution in [0.2, 0.25) is 0 Å². The van der Waals surface area contributed by atoms with Crippen molar-refractivity contribution in [2.24, 2.45) is 0 Å². The summed E-state index contributed by atoms with van der Waals surface area (Å²) in [4.78, 5) is 11.8. The van der Waals surface area contributed by atoms with Gasteiger partial charge in [-0.1, -0.05) is 18.2 Å². The molecule has 0 aliphatic rings. The second-order valence-electron chi connectivity index (χ2n) is 3.98. The Labute approximate surface area is 100 Å². The molecule has 1 aromatic heterocycles. The van der Waals surface area contributed by atoms with Crippen LogP contribution >= 0.6 is 0 Å². The van der Waals surface area contributed by atoms with Gasteiger partial charge < -0.3 is 9.30 Å². The van der Waals surface area contributed by atoms with E-state index in [4.69, 9.17) is 4.74 Å². The van der Waals surface area contributed by atoms with Crippen LogP contribution < -0.4 is 10.3 Å². The summed E-state index contributed by atoms with van der Waals surface area (Å²) in [5, 5.41) is 0. The third kappa shape index (κ3) is 2.56. The minimum Gasteiger partial charge on any atom is -0.496 e. The number of aromatic nitrogens is 1. The van der Waals surface area contributed by atoms with Gasteiger partial charge in [0, 0.05) is 17.8 Å². The van der Waals surface area contributed by atoms with Crippen LogP contribution in [0.25, 0.3) is 0 Å².